The molecule has 0 aliphatic carbocycles. The van der Waals surface area contributed by atoms with Gasteiger partial charge in [-0.25, -0.2) is 13.8 Å². The number of amides is 2. The predicted octanol–water partition coefficient (Wildman–Crippen LogP) is 1.57. The molecule has 0 radical (unpaired) electrons. The predicted molar refractivity (Wildman–Crippen MR) is 78.3 cm³/mol. The fourth-order valence-corrected chi connectivity index (χ4v) is 2.81. The maximum absolute atomic E-state index is 13.3. The SMILES string of the molecule is CC1CN(C)C(=O)CN1C(=O)c1c(C(F)F)nc2ccccn12. The molecule has 3 heterocycles. The van der Waals surface area contributed by atoms with Gasteiger partial charge in [-0.2, -0.15) is 0 Å². The van der Waals surface area contributed by atoms with Gasteiger partial charge in [0.1, 0.15) is 23.6 Å². The minimum Gasteiger partial charge on any atom is -0.342 e. The lowest BCUT2D eigenvalue weighted by Crippen LogP contribution is -2.55. The molecule has 1 aliphatic heterocycles. The summed E-state index contributed by atoms with van der Waals surface area (Å²) < 4.78 is 28.0. The van der Waals surface area contributed by atoms with Crippen molar-refractivity contribution in [1.82, 2.24) is 19.2 Å². The molecule has 3 rings (SSSR count). The molecule has 1 saturated heterocycles. The molecular weight excluding hydrogens is 306 g/mol. The number of likely N-dealkylation sites (N-methyl/N-ethyl adjacent to an activating group) is 1. The molecule has 0 N–H and O–H groups in total. The molecule has 1 atom stereocenters. The summed E-state index contributed by atoms with van der Waals surface area (Å²) in [4.78, 5) is 31.4. The minimum atomic E-state index is -2.87. The van der Waals surface area contributed by atoms with Gasteiger partial charge in [-0.3, -0.25) is 14.0 Å². The van der Waals surface area contributed by atoms with Crippen LogP contribution in [0.4, 0.5) is 8.78 Å². The fourth-order valence-electron chi connectivity index (χ4n) is 2.81. The highest BCUT2D eigenvalue weighted by Gasteiger charge is 2.35. The summed E-state index contributed by atoms with van der Waals surface area (Å²) in [5.41, 5.74) is -0.459. The van der Waals surface area contributed by atoms with Crippen LogP contribution in [0.5, 0.6) is 0 Å². The van der Waals surface area contributed by atoms with Crippen LogP contribution in [0.25, 0.3) is 5.65 Å². The Morgan fingerprint density at radius 1 is 1.39 bits per heavy atom. The van der Waals surface area contributed by atoms with Gasteiger partial charge in [0.2, 0.25) is 5.91 Å². The number of piperazine rings is 1. The van der Waals surface area contributed by atoms with E-state index in [9.17, 15) is 18.4 Å². The van der Waals surface area contributed by atoms with Crippen molar-refractivity contribution in [2.75, 3.05) is 20.1 Å². The van der Waals surface area contributed by atoms with Gasteiger partial charge in [-0.05, 0) is 19.1 Å². The number of hydrogen-bond acceptors (Lipinski definition) is 3. The van der Waals surface area contributed by atoms with Crippen LogP contribution < -0.4 is 0 Å². The Bertz CT molecular complexity index is 774. The van der Waals surface area contributed by atoms with E-state index in [2.05, 4.69) is 4.98 Å². The summed E-state index contributed by atoms with van der Waals surface area (Å²) in [5, 5.41) is 0. The Morgan fingerprint density at radius 3 is 2.83 bits per heavy atom. The first-order valence-corrected chi connectivity index (χ1v) is 7.20. The van der Waals surface area contributed by atoms with E-state index in [1.807, 2.05) is 0 Å². The standard InChI is InChI=1S/C15H16F2N4O2/c1-9-7-19(2)11(22)8-21(9)15(23)13-12(14(16)17)18-10-5-3-4-6-20(10)13/h3-6,9,14H,7-8H2,1-2H3. The Morgan fingerprint density at radius 2 is 2.13 bits per heavy atom. The monoisotopic (exact) mass is 322 g/mol. The summed E-state index contributed by atoms with van der Waals surface area (Å²) in [6.07, 6.45) is -1.35. The average Bonchev–Trinajstić information content (AvgIpc) is 2.90. The van der Waals surface area contributed by atoms with Crippen molar-refractivity contribution >= 4 is 17.5 Å². The first kappa shape index (κ1) is 15.4. The molecule has 2 aromatic heterocycles. The van der Waals surface area contributed by atoms with Gasteiger partial charge in [-0.1, -0.05) is 6.07 Å². The quantitative estimate of drug-likeness (QED) is 0.843. The Balaban J connectivity index is 2.07. The smallest absolute Gasteiger partial charge is 0.282 e. The van der Waals surface area contributed by atoms with Gasteiger partial charge in [0, 0.05) is 25.8 Å². The molecule has 1 unspecified atom stereocenters. The largest absolute Gasteiger partial charge is 0.342 e. The number of halogens is 2. The summed E-state index contributed by atoms with van der Waals surface area (Å²) in [6.45, 7) is 2.02. The third kappa shape index (κ3) is 2.54. The summed E-state index contributed by atoms with van der Waals surface area (Å²) >= 11 is 0. The number of nitrogens with zero attached hydrogens (tertiary/aromatic N) is 4. The van der Waals surface area contributed by atoms with Crippen LogP contribution in [0.2, 0.25) is 0 Å². The number of rotatable bonds is 2. The minimum absolute atomic E-state index is 0.126. The van der Waals surface area contributed by atoms with Gasteiger partial charge in [-0.15, -0.1) is 0 Å². The zero-order valence-electron chi connectivity index (χ0n) is 12.7. The van der Waals surface area contributed by atoms with E-state index in [1.54, 1.807) is 32.2 Å². The van der Waals surface area contributed by atoms with Crippen molar-refractivity contribution in [2.45, 2.75) is 19.4 Å². The number of fused-ring (bicyclic) bond motifs is 1. The van der Waals surface area contributed by atoms with E-state index >= 15 is 0 Å². The maximum atomic E-state index is 13.3. The molecule has 23 heavy (non-hydrogen) atoms. The van der Waals surface area contributed by atoms with Gasteiger partial charge in [0.15, 0.2) is 0 Å². The molecule has 0 aromatic carbocycles. The zero-order chi connectivity index (χ0) is 16.7. The van der Waals surface area contributed by atoms with Crippen molar-refractivity contribution in [3.63, 3.8) is 0 Å². The molecule has 1 aliphatic rings. The van der Waals surface area contributed by atoms with E-state index in [0.29, 0.717) is 6.54 Å². The first-order valence-electron chi connectivity index (χ1n) is 7.20. The van der Waals surface area contributed by atoms with Crippen molar-refractivity contribution in [2.24, 2.45) is 0 Å². The lowest BCUT2D eigenvalue weighted by molar-refractivity contribution is -0.135. The molecule has 2 amide bonds. The highest BCUT2D eigenvalue weighted by molar-refractivity contribution is 5.97. The van der Waals surface area contributed by atoms with Crippen molar-refractivity contribution in [3.05, 3.63) is 35.8 Å². The summed E-state index contributed by atoms with van der Waals surface area (Å²) in [6, 6.07) is 4.60. The normalized spacial score (nSPS) is 19.0. The second kappa shape index (κ2) is 5.60. The summed E-state index contributed by atoms with van der Waals surface area (Å²) in [7, 11) is 1.65. The number of carbonyl (C=O) groups is 2. The van der Waals surface area contributed by atoms with Crippen LogP contribution >= 0.6 is 0 Å². The van der Waals surface area contributed by atoms with Gasteiger partial charge >= 0.3 is 0 Å². The molecule has 0 bridgehead atoms. The van der Waals surface area contributed by atoms with Crippen LogP contribution in [0.15, 0.2) is 24.4 Å². The molecule has 1 fully saturated rings. The van der Waals surface area contributed by atoms with Crippen molar-refractivity contribution in [1.29, 1.82) is 0 Å². The summed E-state index contributed by atoms with van der Waals surface area (Å²) in [5.74, 6) is -0.822. The van der Waals surface area contributed by atoms with Crippen LogP contribution in [0, 0.1) is 0 Å². The fraction of sp³-hybridized carbons (Fsp3) is 0.400. The molecule has 8 heteroatoms. The highest BCUT2D eigenvalue weighted by atomic mass is 19.3. The van der Waals surface area contributed by atoms with Crippen molar-refractivity contribution in [3.8, 4) is 0 Å². The Hall–Kier alpha value is -2.51. The van der Waals surface area contributed by atoms with E-state index < -0.39 is 18.0 Å². The van der Waals surface area contributed by atoms with Gasteiger partial charge in [0.05, 0.1) is 0 Å². The number of pyridine rings is 1. The molecule has 0 saturated carbocycles. The van der Waals surface area contributed by atoms with Crippen LogP contribution in [0.3, 0.4) is 0 Å². The lowest BCUT2D eigenvalue weighted by atomic mass is 10.1. The third-order valence-corrected chi connectivity index (χ3v) is 4.03. The number of carbonyl (C=O) groups excluding carboxylic acids is 2. The Kier molecular flexibility index (Phi) is 3.75. The van der Waals surface area contributed by atoms with E-state index in [1.165, 1.54) is 20.4 Å². The lowest BCUT2D eigenvalue weighted by Gasteiger charge is -2.37. The van der Waals surface area contributed by atoms with E-state index in [0.717, 1.165) is 0 Å². The topological polar surface area (TPSA) is 57.9 Å². The van der Waals surface area contributed by atoms with Crippen LogP contribution in [-0.4, -0.2) is 57.2 Å². The molecule has 6 nitrogen and oxygen atoms in total. The van der Waals surface area contributed by atoms with E-state index in [-0.39, 0.29) is 29.8 Å². The Labute approximate surface area is 131 Å². The number of aromatic nitrogens is 2. The molecule has 122 valence electrons. The first-order chi connectivity index (χ1) is 10.9. The number of imidazole rings is 1. The zero-order valence-corrected chi connectivity index (χ0v) is 12.7. The van der Waals surface area contributed by atoms with Crippen LogP contribution in [0.1, 0.15) is 29.5 Å². The number of alkyl halides is 2. The van der Waals surface area contributed by atoms with E-state index in [4.69, 9.17) is 0 Å². The maximum Gasteiger partial charge on any atom is 0.282 e. The average molecular weight is 322 g/mol. The van der Waals surface area contributed by atoms with Crippen molar-refractivity contribution < 1.29 is 18.4 Å². The second-order valence-electron chi connectivity index (χ2n) is 5.63. The third-order valence-electron chi connectivity index (χ3n) is 4.03. The molecular formula is C15H16F2N4O2. The second-order valence-corrected chi connectivity index (χ2v) is 5.63. The van der Waals surface area contributed by atoms with Crippen LogP contribution in [-0.2, 0) is 4.79 Å². The molecule has 2 aromatic rings. The van der Waals surface area contributed by atoms with Gasteiger partial charge < -0.3 is 9.80 Å². The number of hydrogen-bond donors (Lipinski definition) is 0. The molecule has 0 spiro atoms. The van der Waals surface area contributed by atoms with Gasteiger partial charge in [0.25, 0.3) is 12.3 Å². The highest BCUT2D eigenvalue weighted by Crippen LogP contribution is 2.26.